The van der Waals surface area contributed by atoms with E-state index in [0.29, 0.717) is 17.6 Å². The van der Waals surface area contributed by atoms with E-state index >= 15 is 0 Å². The average molecular weight is 153 g/mol. The van der Waals surface area contributed by atoms with E-state index in [9.17, 15) is 4.39 Å². The van der Waals surface area contributed by atoms with Crippen LogP contribution in [-0.2, 0) is 0 Å². The standard InChI is InChI=1S/C8H8FNO/c1-11-8-4-7(2-3-9)5-10-6-8/h2-6H,1H3/b3-2-. The molecular weight excluding hydrogens is 145 g/mol. The van der Waals surface area contributed by atoms with Crippen LogP contribution in [0.3, 0.4) is 0 Å². The van der Waals surface area contributed by atoms with Crippen LogP contribution < -0.4 is 4.74 Å². The van der Waals surface area contributed by atoms with Gasteiger partial charge in [0.1, 0.15) is 5.75 Å². The Kier molecular flexibility index (Phi) is 2.60. The molecule has 0 fully saturated rings. The van der Waals surface area contributed by atoms with Gasteiger partial charge in [-0.25, -0.2) is 4.39 Å². The van der Waals surface area contributed by atoms with Gasteiger partial charge in [-0.1, -0.05) is 0 Å². The highest BCUT2D eigenvalue weighted by molar-refractivity contribution is 5.48. The lowest BCUT2D eigenvalue weighted by Crippen LogP contribution is -1.84. The van der Waals surface area contributed by atoms with Crippen molar-refractivity contribution in [1.29, 1.82) is 0 Å². The molecule has 0 aliphatic carbocycles. The van der Waals surface area contributed by atoms with Gasteiger partial charge in [0, 0.05) is 6.20 Å². The number of pyridine rings is 1. The van der Waals surface area contributed by atoms with E-state index in [1.165, 1.54) is 6.08 Å². The summed E-state index contributed by atoms with van der Waals surface area (Å²) in [5, 5.41) is 0. The molecule has 0 amide bonds. The van der Waals surface area contributed by atoms with Gasteiger partial charge in [0.2, 0.25) is 0 Å². The number of nitrogens with zero attached hydrogens (tertiary/aromatic N) is 1. The molecule has 0 unspecified atom stereocenters. The Balaban J connectivity index is 2.91. The van der Waals surface area contributed by atoms with Gasteiger partial charge in [0.25, 0.3) is 0 Å². The highest BCUT2D eigenvalue weighted by atomic mass is 19.1. The first-order valence-electron chi connectivity index (χ1n) is 3.12. The van der Waals surface area contributed by atoms with Gasteiger partial charge in [-0.15, -0.1) is 0 Å². The Morgan fingerprint density at radius 3 is 3.00 bits per heavy atom. The van der Waals surface area contributed by atoms with E-state index in [0.717, 1.165) is 0 Å². The first-order chi connectivity index (χ1) is 5.36. The van der Waals surface area contributed by atoms with Crippen LogP contribution in [0.4, 0.5) is 4.39 Å². The van der Waals surface area contributed by atoms with Gasteiger partial charge in [-0.05, 0) is 17.7 Å². The molecule has 3 heteroatoms. The fourth-order valence-electron chi connectivity index (χ4n) is 0.711. The van der Waals surface area contributed by atoms with E-state index in [1.807, 2.05) is 0 Å². The van der Waals surface area contributed by atoms with E-state index in [2.05, 4.69) is 4.98 Å². The van der Waals surface area contributed by atoms with Gasteiger partial charge in [-0.2, -0.15) is 0 Å². The van der Waals surface area contributed by atoms with E-state index < -0.39 is 0 Å². The lowest BCUT2D eigenvalue weighted by atomic mass is 10.3. The fourth-order valence-corrected chi connectivity index (χ4v) is 0.711. The fraction of sp³-hybridized carbons (Fsp3) is 0.125. The molecule has 0 atom stereocenters. The summed E-state index contributed by atoms with van der Waals surface area (Å²) in [4.78, 5) is 3.83. The van der Waals surface area contributed by atoms with Crippen molar-refractivity contribution in [3.63, 3.8) is 0 Å². The van der Waals surface area contributed by atoms with Gasteiger partial charge in [0.05, 0.1) is 19.6 Å². The van der Waals surface area contributed by atoms with Crippen LogP contribution in [0.25, 0.3) is 6.08 Å². The number of hydrogen-bond donors (Lipinski definition) is 0. The Bertz CT molecular complexity index is 260. The molecule has 0 bridgehead atoms. The maximum atomic E-state index is 11.7. The van der Waals surface area contributed by atoms with Crippen LogP contribution in [-0.4, -0.2) is 12.1 Å². The molecule has 58 valence electrons. The zero-order valence-corrected chi connectivity index (χ0v) is 6.12. The lowest BCUT2D eigenvalue weighted by Gasteiger charge is -1.97. The zero-order valence-electron chi connectivity index (χ0n) is 6.12. The number of methoxy groups -OCH3 is 1. The van der Waals surface area contributed by atoms with Crippen LogP contribution in [0.1, 0.15) is 5.56 Å². The minimum absolute atomic E-state index is 0.469. The number of hydrogen-bond acceptors (Lipinski definition) is 2. The predicted octanol–water partition coefficient (Wildman–Crippen LogP) is 2.03. The first-order valence-corrected chi connectivity index (χ1v) is 3.12. The second-order valence-corrected chi connectivity index (χ2v) is 1.95. The maximum Gasteiger partial charge on any atom is 0.137 e. The Morgan fingerprint density at radius 2 is 2.36 bits per heavy atom. The number of aromatic nitrogens is 1. The molecule has 1 heterocycles. The van der Waals surface area contributed by atoms with E-state index in [-0.39, 0.29) is 0 Å². The van der Waals surface area contributed by atoms with Crippen LogP contribution >= 0.6 is 0 Å². The first kappa shape index (κ1) is 7.72. The van der Waals surface area contributed by atoms with Crippen LogP contribution in [0.15, 0.2) is 24.8 Å². The molecule has 0 aliphatic heterocycles. The van der Waals surface area contributed by atoms with Gasteiger partial charge < -0.3 is 4.74 Å². The molecule has 2 nitrogen and oxygen atoms in total. The van der Waals surface area contributed by atoms with Crippen molar-refractivity contribution < 1.29 is 9.13 Å². The molecule has 0 radical (unpaired) electrons. The second kappa shape index (κ2) is 3.71. The van der Waals surface area contributed by atoms with Crippen molar-refractivity contribution in [2.75, 3.05) is 7.11 Å². The highest BCUT2D eigenvalue weighted by Gasteiger charge is 1.91. The Labute approximate surface area is 64.3 Å². The van der Waals surface area contributed by atoms with E-state index in [1.54, 1.807) is 25.6 Å². The van der Waals surface area contributed by atoms with Crippen LogP contribution in [0.5, 0.6) is 5.75 Å². The SMILES string of the molecule is COc1cncc(/C=C\F)c1. The van der Waals surface area contributed by atoms with Crippen molar-refractivity contribution in [2.45, 2.75) is 0 Å². The van der Waals surface area contributed by atoms with Crippen molar-refractivity contribution in [2.24, 2.45) is 0 Å². The summed E-state index contributed by atoms with van der Waals surface area (Å²) >= 11 is 0. The molecule has 1 rings (SSSR count). The second-order valence-electron chi connectivity index (χ2n) is 1.95. The topological polar surface area (TPSA) is 22.1 Å². The normalized spacial score (nSPS) is 10.4. The van der Waals surface area contributed by atoms with Crippen molar-refractivity contribution >= 4 is 6.08 Å². The smallest absolute Gasteiger partial charge is 0.137 e. The number of halogens is 1. The summed E-state index contributed by atoms with van der Waals surface area (Å²) < 4.78 is 16.5. The highest BCUT2D eigenvalue weighted by Crippen LogP contribution is 2.11. The van der Waals surface area contributed by atoms with E-state index in [4.69, 9.17) is 4.74 Å². The molecule has 1 aromatic rings. The maximum absolute atomic E-state index is 11.7. The summed E-state index contributed by atoms with van der Waals surface area (Å²) in [6, 6.07) is 1.70. The zero-order chi connectivity index (χ0) is 8.10. The molecule has 0 saturated heterocycles. The summed E-state index contributed by atoms with van der Waals surface area (Å²) in [5.74, 6) is 0.626. The van der Waals surface area contributed by atoms with Crippen LogP contribution in [0, 0.1) is 0 Å². The van der Waals surface area contributed by atoms with Crippen molar-refractivity contribution in [1.82, 2.24) is 4.98 Å². The predicted molar refractivity (Wildman–Crippen MR) is 40.9 cm³/mol. The van der Waals surface area contributed by atoms with Crippen molar-refractivity contribution in [3.8, 4) is 5.75 Å². The van der Waals surface area contributed by atoms with Gasteiger partial charge in [0.15, 0.2) is 0 Å². The summed E-state index contributed by atoms with van der Waals surface area (Å²) in [6.45, 7) is 0. The summed E-state index contributed by atoms with van der Waals surface area (Å²) in [5.41, 5.74) is 0.687. The van der Waals surface area contributed by atoms with Gasteiger partial charge in [-0.3, -0.25) is 4.98 Å². The molecular formula is C8H8FNO. The Hall–Kier alpha value is -1.38. The third-order valence-corrected chi connectivity index (χ3v) is 1.23. The Morgan fingerprint density at radius 1 is 1.55 bits per heavy atom. The molecule has 1 aromatic heterocycles. The van der Waals surface area contributed by atoms with Crippen LogP contribution in [0.2, 0.25) is 0 Å². The molecule has 0 spiro atoms. The monoisotopic (exact) mass is 153 g/mol. The molecule has 11 heavy (non-hydrogen) atoms. The summed E-state index contributed by atoms with van der Waals surface area (Å²) in [6.07, 6.45) is 4.90. The molecule has 0 aromatic carbocycles. The number of ether oxygens (including phenoxy) is 1. The molecule has 0 N–H and O–H groups in total. The third-order valence-electron chi connectivity index (χ3n) is 1.23. The minimum Gasteiger partial charge on any atom is -0.495 e. The minimum atomic E-state index is 0.469. The average Bonchev–Trinajstić information content (AvgIpc) is 2.06. The summed E-state index contributed by atoms with van der Waals surface area (Å²) in [7, 11) is 1.54. The largest absolute Gasteiger partial charge is 0.495 e. The van der Waals surface area contributed by atoms with Gasteiger partial charge >= 0.3 is 0 Å². The molecule has 0 saturated carbocycles. The lowest BCUT2D eigenvalue weighted by molar-refractivity contribution is 0.413. The quantitative estimate of drug-likeness (QED) is 0.648. The third kappa shape index (κ3) is 2.04. The number of rotatable bonds is 2. The van der Waals surface area contributed by atoms with Crippen molar-refractivity contribution in [3.05, 3.63) is 30.4 Å². The molecule has 0 aliphatic rings.